The Kier molecular flexibility index (Phi) is 4.42. The molecule has 144 valence electrons. The Morgan fingerprint density at radius 2 is 2.04 bits per heavy atom. The highest BCUT2D eigenvalue weighted by molar-refractivity contribution is 6.07. The molecule has 2 fully saturated rings. The monoisotopic (exact) mass is 370 g/mol. The first-order chi connectivity index (χ1) is 12.9. The lowest BCUT2D eigenvalue weighted by atomic mass is 10.00. The van der Waals surface area contributed by atoms with Gasteiger partial charge in [0.25, 0.3) is 11.8 Å². The predicted molar refractivity (Wildman–Crippen MR) is 99.4 cm³/mol. The molecule has 1 aromatic rings. The van der Waals surface area contributed by atoms with Crippen LogP contribution >= 0.6 is 0 Å². The highest BCUT2D eigenvalue weighted by atomic mass is 16.2. The van der Waals surface area contributed by atoms with Crippen LogP contribution in [-0.2, 0) is 16.0 Å². The molecule has 1 heterocycles. The van der Waals surface area contributed by atoms with E-state index in [1.165, 1.54) is 11.1 Å². The highest BCUT2D eigenvalue weighted by Gasteiger charge is 2.48. The van der Waals surface area contributed by atoms with Gasteiger partial charge in [-0.25, -0.2) is 4.79 Å². The molecule has 0 unspecified atom stereocenters. The van der Waals surface area contributed by atoms with Crippen molar-refractivity contribution in [1.82, 2.24) is 20.7 Å². The molecule has 0 bridgehead atoms. The SMILES string of the molecule is CC[C@]1(C)NC(=O)N(NC(=O)CN(C2CC2)[C@@H]2CCc3ccccc32)C1=O. The van der Waals surface area contributed by atoms with Gasteiger partial charge in [0, 0.05) is 12.1 Å². The smallest absolute Gasteiger partial charge is 0.322 e. The van der Waals surface area contributed by atoms with Crippen molar-refractivity contribution in [2.45, 2.75) is 63.6 Å². The van der Waals surface area contributed by atoms with E-state index in [0.29, 0.717) is 12.5 Å². The van der Waals surface area contributed by atoms with Crippen molar-refractivity contribution in [2.24, 2.45) is 0 Å². The van der Waals surface area contributed by atoms with Crippen molar-refractivity contribution in [3.63, 3.8) is 0 Å². The van der Waals surface area contributed by atoms with E-state index in [-0.39, 0.29) is 18.5 Å². The lowest BCUT2D eigenvalue weighted by Crippen LogP contribution is -2.51. The van der Waals surface area contributed by atoms with E-state index in [9.17, 15) is 14.4 Å². The number of nitrogens with zero attached hydrogens (tertiary/aromatic N) is 2. The van der Waals surface area contributed by atoms with E-state index in [0.717, 1.165) is 30.7 Å². The van der Waals surface area contributed by atoms with E-state index in [1.54, 1.807) is 6.92 Å². The fourth-order valence-corrected chi connectivity index (χ4v) is 4.13. The van der Waals surface area contributed by atoms with Crippen LogP contribution in [0.25, 0.3) is 0 Å². The molecule has 3 aliphatic rings. The summed E-state index contributed by atoms with van der Waals surface area (Å²) in [7, 11) is 0. The van der Waals surface area contributed by atoms with Gasteiger partial charge in [0.15, 0.2) is 0 Å². The molecule has 1 saturated carbocycles. The molecule has 0 radical (unpaired) electrons. The van der Waals surface area contributed by atoms with Crippen LogP contribution in [-0.4, -0.2) is 45.9 Å². The van der Waals surface area contributed by atoms with Gasteiger partial charge in [0.2, 0.25) is 0 Å². The molecule has 7 heteroatoms. The fraction of sp³-hybridized carbons (Fsp3) is 0.550. The molecule has 27 heavy (non-hydrogen) atoms. The molecule has 2 N–H and O–H groups in total. The van der Waals surface area contributed by atoms with Gasteiger partial charge < -0.3 is 5.32 Å². The van der Waals surface area contributed by atoms with Gasteiger partial charge in [-0.05, 0) is 50.2 Å². The number of rotatable bonds is 6. The second kappa shape index (κ2) is 6.64. The summed E-state index contributed by atoms with van der Waals surface area (Å²) >= 11 is 0. The van der Waals surface area contributed by atoms with Crippen molar-refractivity contribution < 1.29 is 14.4 Å². The number of fused-ring (bicyclic) bond motifs is 1. The van der Waals surface area contributed by atoms with Crippen LogP contribution in [0.4, 0.5) is 4.79 Å². The summed E-state index contributed by atoms with van der Waals surface area (Å²) in [6.45, 7) is 3.69. The number of urea groups is 1. The zero-order chi connectivity index (χ0) is 19.2. The molecule has 2 aliphatic carbocycles. The average molecular weight is 370 g/mol. The summed E-state index contributed by atoms with van der Waals surface area (Å²) in [5.41, 5.74) is 4.21. The number of hydrazine groups is 1. The number of hydrogen-bond donors (Lipinski definition) is 2. The Balaban J connectivity index is 1.45. The van der Waals surface area contributed by atoms with Crippen LogP contribution in [0.2, 0.25) is 0 Å². The molecule has 1 aliphatic heterocycles. The van der Waals surface area contributed by atoms with Gasteiger partial charge in [0.05, 0.1) is 6.54 Å². The Hall–Kier alpha value is -2.41. The first kappa shape index (κ1) is 18.0. The fourth-order valence-electron chi connectivity index (χ4n) is 4.13. The topological polar surface area (TPSA) is 81.8 Å². The van der Waals surface area contributed by atoms with Crippen LogP contribution in [0.5, 0.6) is 0 Å². The first-order valence-electron chi connectivity index (χ1n) is 9.72. The third kappa shape index (κ3) is 3.20. The predicted octanol–water partition coefficient (Wildman–Crippen LogP) is 1.89. The molecule has 0 aromatic heterocycles. The molecule has 2 atom stereocenters. The lowest BCUT2D eigenvalue weighted by molar-refractivity contribution is -0.139. The Morgan fingerprint density at radius 1 is 1.30 bits per heavy atom. The zero-order valence-electron chi connectivity index (χ0n) is 15.8. The summed E-state index contributed by atoms with van der Waals surface area (Å²) in [6, 6.07) is 8.45. The Bertz CT molecular complexity index is 791. The van der Waals surface area contributed by atoms with Crippen LogP contribution in [0.3, 0.4) is 0 Å². The minimum absolute atomic E-state index is 0.184. The molecular formula is C20H26N4O3. The summed E-state index contributed by atoms with van der Waals surface area (Å²) < 4.78 is 0. The number of nitrogens with one attached hydrogen (secondary N) is 2. The molecule has 7 nitrogen and oxygen atoms in total. The van der Waals surface area contributed by atoms with Gasteiger partial charge in [-0.15, -0.1) is 0 Å². The molecule has 0 spiro atoms. The van der Waals surface area contributed by atoms with Gasteiger partial charge in [0.1, 0.15) is 5.54 Å². The minimum atomic E-state index is -0.953. The van der Waals surface area contributed by atoms with Crippen LogP contribution in [0.15, 0.2) is 24.3 Å². The zero-order valence-corrected chi connectivity index (χ0v) is 15.8. The number of carbonyl (C=O) groups is 3. The first-order valence-corrected chi connectivity index (χ1v) is 9.72. The largest absolute Gasteiger partial charge is 0.344 e. The van der Waals surface area contributed by atoms with Crippen LogP contribution < -0.4 is 10.7 Å². The third-order valence-corrected chi connectivity index (χ3v) is 6.05. The summed E-state index contributed by atoms with van der Waals surface area (Å²) in [6.07, 6.45) is 4.66. The molecule has 1 aromatic carbocycles. The maximum atomic E-state index is 12.7. The number of hydrogen-bond acceptors (Lipinski definition) is 4. The van der Waals surface area contributed by atoms with E-state index in [2.05, 4.69) is 33.8 Å². The number of carbonyl (C=O) groups excluding carboxylic acids is 3. The number of imide groups is 1. The molecule has 1 saturated heterocycles. The van der Waals surface area contributed by atoms with E-state index in [1.807, 2.05) is 13.0 Å². The second-order valence-corrected chi connectivity index (χ2v) is 7.95. The number of aryl methyl sites for hydroxylation is 1. The van der Waals surface area contributed by atoms with Gasteiger partial charge in [-0.3, -0.25) is 19.9 Å². The van der Waals surface area contributed by atoms with Crippen LogP contribution in [0.1, 0.15) is 56.7 Å². The quantitative estimate of drug-likeness (QED) is 0.750. The maximum absolute atomic E-state index is 12.7. The van der Waals surface area contributed by atoms with Crippen molar-refractivity contribution in [3.8, 4) is 0 Å². The molecular weight excluding hydrogens is 344 g/mol. The van der Waals surface area contributed by atoms with Crippen molar-refractivity contribution in [3.05, 3.63) is 35.4 Å². The normalized spacial score (nSPS) is 27.1. The molecule has 4 amide bonds. The van der Waals surface area contributed by atoms with Gasteiger partial charge in [-0.1, -0.05) is 31.2 Å². The van der Waals surface area contributed by atoms with Gasteiger partial charge in [-0.2, -0.15) is 5.01 Å². The summed E-state index contributed by atoms with van der Waals surface area (Å²) in [5.74, 6) is -0.734. The van der Waals surface area contributed by atoms with E-state index < -0.39 is 17.5 Å². The Morgan fingerprint density at radius 3 is 2.70 bits per heavy atom. The standard InChI is InChI=1S/C20H26N4O3/c1-3-20(2)18(26)24(19(27)21-20)22-17(25)12-23(14-9-10-14)16-11-8-13-6-4-5-7-15(13)16/h4-7,14,16H,3,8-12H2,1-2H3,(H,21,27)(H,22,25)/t16-,20+/m1/s1. The van der Waals surface area contributed by atoms with Crippen molar-refractivity contribution in [2.75, 3.05) is 6.54 Å². The van der Waals surface area contributed by atoms with E-state index in [4.69, 9.17) is 0 Å². The molecule has 4 rings (SSSR count). The summed E-state index contributed by atoms with van der Waals surface area (Å²) in [5, 5.41) is 3.48. The van der Waals surface area contributed by atoms with Crippen molar-refractivity contribution >= 4 is 17.8 Å². The lowest BCUT2D eigenvalue weighted by Gasteiger charge is -2.29. The third-order valence-electron chi connectivity index (χ3n) is 6.05. The maximum Gasteiger partial charge on any atom is 0.344 e. The average Bonchev–Trinajstić information content (AvgIpc) is 3.38. The number of amides is 4. The highest BCUT2D eigenvalue weighted by Crippen LogP contribution is 2.41. The van der Waals surface area contributed by atoms with E-state index >= 15 is 0 Å². The second-order valence-electron chi connectivity index (χ2n) is 7.95. The minimum Gasteiger partial charge on any atom is -0.322 e. The van der Waals surface area contributed by atoms with Crippen LogP contribution in [0, 0.1) is 0 Å². The van der Waals surface area contributed by atoms with Crippen molar-refractivity contribution in [1.29, 1.82) is 0 Å². The van der Waals surface area contributed by atoms with Gasteiger partial charge >= 0.3 is 6.03 Å². The Labute approximate surface area is 159 Å². The summed E-state index contributed by atoms with van der Waals surface area (Å²) in [4.78, 5) is 39.5. The number of benzene rings is 1.